The molecule has 1 aliphatic carbocycles. The Balaban J connectivity index is 1.62. The number of methoxy groups -OCH3 is 1. The van der Waals surface area contributed by atoms with Crippen molar-refractivity contribution in [1.29, 1.82) is 0 Å². The summed E-state index contributed by atoms with van der Waals surface area (Å²) < 4.78 is 5.78. The van der Waals surface area contributed by atoms with E-state index in [0.717, 1.165) is 89.8 Å². The van der Waals surface area contributed by atoms with Gasteiger partial charge in [0.1, 0.15) is 5.76 Å². The molecule has 0 aromatic carbocycles. The molecule has 5 aliphatic heterocycles. The molecule has 8 bridgehead atoms. The number of aliphatic hydroxyl groups is 2. The molecule has 0 saturated carbocycles. The standard InChI is InChI=1S/C33H35BrN4O4/c1-7-18-14(2)22-11-25-21(13-39)16(4)30(37-25)29(34)31-15(3)19(8-9-27(41)42-6)32(38-31)20-10-26(40)28-17(5)23(36-33(20)28)12-24(18)35-22/h11-12,15,19,38-40H,7-10,13H2,1-6H3/t15-,19-/m0/s1. The zero-order valence-corrected chi connectivity index (χ0v) is 26.4. The molecule has 0 aromatic heterocycles. The number of ether oxygens (including phenoxy) is 1. The number of hydrogen-bond acceptors (Lipinski definition) is 8. The smallest absolute Gasteiger partial charge is 0.305 e. The maximum Gasteiger partial charge on any atom is 0.305 e. The summed E-state index contributed by atoms with van der Waals surface area (Å²) in [7, 11) is 1.41. The van der Waals surface area contributed by atoms with E-state index in [2.05, 4.69) is 42.0 Å². The van der Waals surface area contributed by atoms with Gasteiger partial charge in [0.2, 0.25) is 0 Å². The molecule has 6 rings (SSSR count). The van der Waals surface area contributed by atoms with Gasteiger partial charge in [0, 0.05) is 52.8 Å². The van der Waals surface area contributed by atoms with Gasteiger partial charge in [0.15, 0.2) is 0 Å². The average molecular weight is 632 g/mol. The highest BCUT2D eigenvalue weighted by Crippen LogP contribution is 2.47. The molecule has 1 fully saturated rings. The summed E-state index contributed by atoms with van der Waals surface area (Å²) in [5.41, 5.74) is 13.1. The van der Waals surface area contributed by atoms with Crippen LogP contribution in [0.2, 0.25) is 0 Å². The molecule has 218 valence electrons. The summed E-state index contributed by atoms with van der Waals surface area (Å²) >= 11 is 3.88. The molecule has 3 N–H and O–H groups in total. The van der Waals surface area contributed by atoms with Gasteiger partial charge in [-0.25, -0.2) is 15.0 Å². The number of rotatable bonds is 5. The van der Waals surface area contributed by atoms with Crippen LogP contribution in [0.25, 0.3) is 0 Å². The Bertz CT molecular complexity index is 1700. The van der Waals surface area contributed by atoms with E-state index in [1.54, 1.807) is 0 Å². The minimum absolute atomic E-state index is 0.00448. The van der Waals surface area contributed by atoms with E-state index in [9.17, 15) is 15.0 Å². The summed E-state index contributed by atoms with van der Waals surface area (Å²) in [6.45, 7) is 10.2. The molecule has 0 spiro atoms. The number of fused-ring (bicyclic) bond motifs is 5. The number of nitrogens with zero attached hydrogens (tertiary/aromatic N) is 3. The Morgan fingerprint density at radius 1 is 1.05 bits per heavy atom. The molecule has 0 radical (unpaired) electrons. The summed E-state index contributed by atoms with van der Waals surface area (Å²) in [6.07, 6.45) is 6.00. The van der Waals surface area contributed by atoms with E-state index in [-0.39, 0.29) is 30.8 Å². The molecular weight excluding hydrogens is 596 g/mol. The van der Waals surface area contributed by atoms with Crippen molar-refractivity contribution < 1.29 is 19.7 Å². The Hall–Kier alpha value is -3.56. The van der Waals surface area contributed by atoms with Crippen molar-refractivity contribution in [1.82, 2.24) is 5.32 Å². The molecule has 8 nitrogen and oxygen atoms in total. The van der Waals surface area contributed by atoms with Crippen LogP contribution in [0.4, 0.5) is 0 Å². The molecule has 42 heavy (non-hydrogen) atoms. The van der Waals surface area contributed by atoms with Crippen molar-refractivity contribution in [3.63, 3.8) is 0 Å². The lowest BCUT2D eigenvalue weighted by molar-refractivity contribution is -0.140. The lowest BCUT2D eigenvalue weighted by Gasteiger charge is -2.17. The first-order valence-corrected chi connectivity index (χ1v) is 15.2. The van der Waals surface area contributed by atoms with Gasteiger partial charge < -0.3 is 20.3 Å². The number of aliphatic hydroxyl groups excluding tert-OH is 2. The first-order valence-electron chi connectivity index (χ1n) is 14.4. The third kappa shape index (κ3) is 4.28. The lowest BCUT2D eigenvalue weighted by atomic mass is 9.86. The van der Waals surface area contributed by atoms with Crippen LogP contribution in [0.1, 0.15) is 60.3 Å². The summed E-state index contributed by atoms with van der Waals surface area (Å²) in [6, 6.07) is 0. The summed E-state index contributed by atoms with van der Waals surface area (Å²) in [5, 5.41) is 25.3. The number of carbonyl (C=O) groups excluding carboxylic acids is 1. The van der Waals surface area contributed by atoms with Crippen molar-refractivity contribution in [2.24, 2.45) is 26.8 Å². The quantitative estimate of drug-likeness (QED) is 0.307. The van der Waals surface area contributed by atoms with Crippen LogP contribution < -0.4 is 5.32 Å². The largest absolute Gasteiger partial charge is 0.511 e. The summed E-state index contributed by atoms with van der Waals surface area (Å²) in [4.78, 5) is 27.3. The first kappa shape index (κ1) is 28.6. The Morgan fingerprint density at radius 3 is 2.48 bits per heavy atom. The van der Waals surface area contributed by atoms with Gasteiger partial charge in [0.05, 0.1) is 52.4 Å². The third-order valence-electron chi connectivity index (χ3n) is 9.30. The predicted molar refractivity (Wildman–Crippen MR) is 168 cm³/mol. The fourth-order valence-electron chi connectivity index (χ4n) is 6.83. The topological polar surface area (TPSA) is 116 Å². The van der Waals surface area contributed by atoms with Crippen molar-refractivity contribution in [3.05, 3.63) is 89.9 Å². The number of allylic oxidation sites excluding steroid dienone is 11. The monoisotopic (exact) mass is 630 g/mol. The average Bonchev–Trinajstić information content (AvgIpc) is 3.72. The van der Waals surface area contributed by atoms with E-state index < -0.39 is 0 Å². The van der Waals surface area contributed by atoms with Gasteiger partial charge in [-0.2, -0.15) is 0 Å². The van der Waals surface area contributed by atoms with Gasteiger partial charge in [-0.05, 0) is 84.0 Å². The van der Waals surface area contributed by atoms with E-state index >= 15 is 0 Å². The molecule has 6 aliphatic rings. The predicted octanol–water partition coefficient (Wildman–Crippen LogP) is 6.33. The number of esters is 1. The van der Waals surface area contributed by atoms with Crippen molar-refractivity contribution in [2.45, 2.75) is 60.3 Å². The molecule has 0 aromatic rings. The molecule has 0 unspecified atom stereocenters. The van der Waals surface area contributed by atoms with Gasteiger partial charge in [-0.15, -0.1) is 0 Å². The minimum atomic E-state index is -0.258. The third-order valence-corrected chi connectivity index (χ3v) is 10.1. The molecule has 9 heteroatoms. The van der Waals surface area contributed by atoms with Crippen LogP contribution in [-0.2, 0) is 9.53 Å². The van der Waals surface area contributed by atoms with E-state index in [4.69, 9.17) is 19.7 Å². The van der Waals surface area contributed by atoms with Crippen LogP contribution >= 0.6 is 15.9 Å². The van der Waals surface area contributed by atoms with Crippen LogP contribution in [0.3, 0.4) is 0 Å². The Labute approximate surface area is 254 Å². The van der Waals surface area contributed by atoms with Gasteiger partial charge in [-0.3, -0.25) is 4.79 Å². The minimum Gasteiger partial charge on any atom is -0.511 e. The maximum absolute atomic E-state index is 12.2. The first-order chi connectivity index (χ1) is 20.1. The zero-order chi connectivity index (χ0) is 30.0. The Morgan fingerprint density at radius 2 is 1.79 bits per heavy atom. The SMILES string of the molecule is CCC1=C(C)C2=NC1=CC1=C(C)C3=C(O)CC(=C4NC(=C(Br)C5=NC(=C2)C(CO)=C5C)[C@@H](C)[C@@H]4CCC(=O)OC)C3=N1. The van der Waals surface area contributed by atoms with Crippen LogP contribution in [0.15, 0.2) is 105 Å². The fraction of sp³-hybridized carbons (Fsp3) is 0.394. The van der Waals surface area contributed by atoms with Gasteiger partial charge in [-0.1, -0.05) is 13.8 Å². The second-order valence-electron chi connectivity index (χ2n) is 11.5. The number of nitrogens with one attached hydrogen (secondary N) is 1. The van der Waals surface area contributed by atoms with E-state index in [1.807, 2.05) is 26.0 Å². The molecular formula is C33H35BrN4O4. The van der Waals surface area contributed by atoms with Crippen molar-refractivity contribution >= 4 is 39.0 Å². The normalized spacial score (nSPS) is 25.0. The number of aliphatic imine (C=N–C) groups is 3. The van der Waals surface area contributed by atoms with Gasteiger partial charge in [0.25, 0.3) is 0 Å². The number of hydrogen-bond donors (Lipinski definition) is 3. The number of halogens is 1. The van der Waals surface area contributed by atoms with Crippen LogP contribution in [-0.4, -0.2) is 47.0 Å². The fourth-order valence-corrected chi connectivity index (χ4v) is 7.67. The highest BCUT2D eigenvalue weighted by molar-refractivity contribution is 9.12. The van der Waals surface area contributed by atoms with Crippen molar-refractivity contribution in [3.8, 4) is 0 Å². The second-order valence-corrected chi connectivity index (χ2v) is 12.3. The van der Waals surface area contributed by atoms with E-state index in [0.29, 0.717) is 24.3 Å². The Kier molecular flexibility index (Phi) is 7.22. The summed E-state index contributed by atoms with van der Waals surface area (Å²) in [5.74, 6) is 0.0159. The molecule has 2 atom stereocenters. The molecule has 5 heterocycles. The van der Waals surface area contributed by atoms with Crippen molar-refractivity contribution in [2.75, 3.05) is 13.7 Å². The van der Waals surface area contributed by atoms with E-state index in [1.165, 1.54) is 7.11 Å². The lowest BCUT2D eigenvalue weighted by Crippen LogP contribution is -2.16. The molecule has 1 saturated heterocycles. The number of carbonyl (C=O) groups is 1. The van der Waals surface area contributed by atoms with Crippen LogP contribution in [0, 0.1) is 11.8 Å². The highest BCUT2D eigenvalue weighted by Gasteiger charge is 2.42. The molecule has 0 amide bonds. The highest BCUT2D eigenvalue weighted by atomic mass is 79.9. The second kappa shape index (κ2) is 10.6. The van der Waals surface area contributed by atoms with Gasteiger partial charge >= 0.3 is 5.97 Å². The maximum atomic E-state index is 12.2. The zero-order valence-electron chi connectivity index (χ0n) is 24.8. The van der Waals surface area contributed by atoms with Crippen LogP contribution in [0.5, 0.6) is 0 Å².